The molecule has 0 aliphatic carbocycles. The number of methoxy groups -OCH3 is 2. The highest BCUT2D eigenvalue weighted by Gasteiger charge is 2.26. The van der Waals surface area contributed by atoms with Crippen LogP contribution in [0.3, 0.4) is 0 Å². The minimum Gasteiger partial charge on any atom is -0.496 e. The molecule has 0 bridgehead atoms. The molecule has 0 radical (unpaired) electrons. The van der Waals surface area contributed by atoms with E-state index in [1.807, 2.05) is 6.07 Å². The van der Waals surface area contributed by atoms with Crippen molar-refractivity contribution in [3.8, 4) is 44.9 Å². The minimum atomic E-state index is 0.823. The largest absolute Gasteiger partial charge is 0.496 e. The van der Waals surface area contributed by atoms with E-state index in [2.05, 4.69) is 115 Å². The highest BCUT2D eigenvalue weighted by Crippen LogP contribution is 2.53. The van der Waals surface area contributed by atoms with E-state index in [9.17, 15) is 0 Å². The highest BCUT2D eigenvalue weighted by atomic mass is 16.5. The Morgan fingerprint density at radius 2 is 0.917 bits per heavy atom. The first kappa shape index (κ1) is 21.9. The Bertz CT molecular complexity index is 1690. The molecule has 0 atom stereocenters. The molecule has 174 valence electrons. The summed E-state index contributed by atoms with van der Waals surface area (Å²) in [5.74, 6) is 1.66. The number of hydrogen-bond acceptors (Lipinski definition) is 2. The molecule has 2 heteroatoms. The summed E-state index contributed by atoms with van der Waals surface area (Å²) in [5.41, 5.74) is 6.59. The van der Waals surface area contributed by atoms with Gasteiger partial charge in [0, 0.05) is 22.3 Å². The summed E-state index contributed by atoms with van der Waals surface area (Å²) in [7, 11) is 3.51. The lowest BCUT2D eigenvalue weighted by Crippen LogP contribution is -1.99. The summed E-state index contributed by atoms with van der Waals surface area (Å²) < 4.78 is 12.3. The molecule has 2 nitrogen and oxygen atoms in total. The zero-order valence-corrected chi connectivity index (χ0v) is 20.4. The average molecular weight is 467 g/mol. The van der Waals surface area contributed by atoms with E-state index in [1.165, 1.54) is 5.39 Å². The maximum atomic E-state index is 6.35. The van der Waals surface area contributed by atoms with Crippen molar-refractivity contribution >= 4 is 21.5 Å². The number of ether oxygens (including phenoxy) is 2. The predicted octanol–water partition coefficient (Wildman–Crippen LogP) is 9.01. The molecule has 6 aromatic carbocycles. The molecule has 0 saturated heterocycles. The molecular weight excluding hydrogens is 440 g/mol. The van der Waals surface area contributed by atoms with Crippen molar-refractivity contribution in [3.63, 3.8) is 0 Å². The number of rotatable bonds is 5. The molecule has 0 fully saturated rings. The van der Waals surface area contributed by atoms with Crippen LogP contribution in [0, 0.1) is 0 Å². The van der Waals surface area contributed by atoms with Crippen LogP contribution in [0.1, 0.15) is 0 Å². The first-order chi connectivity index (χ1) is 17.8. The Labute approximate surface area is 211 Å². The first-order valence-electron chi connectivity index (χ1n) is 12.1. The fourth-order valence-corrected chi connectivity index (χ4v) is 5.33. The van der Waals surface area contributed by atoms with Gasteiger partial charge in [-0.25, -0.2) is 0 Å². The Kier molecular flexibility index (Phi) is 5.63. The van der Waals surface area contributed by atoms with Gasteiger partial charge in [-0.1, -0.05) is 115 Å². The summed E-state index contributed by atoms with van der Waals surface area (Å²) in [6, 6.07) is 42.3. The van der Waals surface area contributed by atoms with Gasteiger partial charge in [0.15, 0.2) is 0 Å². The van der Waals surface area contributed by atoms with Gasteiger partial charge >= 0.3 is 0 Å². The third-order valence-electron chi connectivity index (χ3n) is 6.86. The molecule has 0 unspecified atom stereocenters. The Hall–Kier alpha value is -4.56. The zero-order valence-electron chi connectivity index (χ0n) is 20.4. The number of hydrogen-bond donors (Lipinski definition) is 0. The van der Waals surface area contributed by atoms with Gasteiger partial charge < -0.3 is 9.47 Å². The van der Waals surface area contributed by atoms with Gasteiger partial charge in [0.25, 0.3) is 0 Å². The maximum Gasteiger partial charge on any atom is 0.135 e. The average Bonchev–Trinajstić information content (AvgIpc) is 2.96. The van der Waals surface area contributed by atoms with Gasteiger partial charge in [-0.2, -0.15) is 0 Å². The third kappa shape index (κ3) is 3.50. The molecule has 36 heavy (non-hydrogen) atoms. The fourth-order valence-electron chi connectivity index (χ4n) is 5.33. The van der Waals surface area contributed by atoms with Gasteiger partial charge in [-0.15, -0.1) is 0 Å². The van der Waals surface area contributed by atoms with E-state index in [0.29, 0.717) is 0 Å². The normalized spacial score (nSPS) is 11.1. The van der Waals surface area contributed by atoms with Crippen molar-refractivity contribution in [2.75, 3.05) is 14.2 Å². The third-order valence-corrected chi connectivity index (χ3v) is 6.86. The summed E-state index contributed by atoms with van der Waals surface area (Å²) in [6.07, 6.45) is 0. The second-order valence-electron chi connectivity index (χ2n) is 8.80. The Morgan fingerprint density at radius 3 is 1.53 bits per heavy atom. The minimum absolute atomic E-state index is 0.823. The van der Waals surface area contributed by atoms with E-state index in [4.69, 9.17) is 9.47 Å². The van der Waals surface area contributed by atoms with Gasteiger partial charge in [0.05, 0.1) is 14.2 Å². The molecule has 0 heterocycles. The smallest absolute Gasteiger partial charge is 0.135 e. The van der Waals surface area contributed by atoms with Crippen LogP contribution in [0.15, 0.2) is 121 Å². The molecule has 6 aromatic rings. The van der Waals surface area contributed by atoms with Crippen LogP contribution >= 0.6 is 0 Å². The molecule has 0 aliphatic rings. The van der Waals surface area contributed by atoms with Crippen LogP contribution in [0.25, 0.3) is 54.9 Å². The van der Waals surface area contributed by atoms with Crippen molar-refractivity contribution in [1.82, 2.24) is 0 Å². The Morgan fingerprint density at radius 1 is 0.389 bits per heavy atom. The quantitative estimate of drug-likeness (QED) is 0.252. The standard InChI is InChI=1S/C34H26O2/c1-35-29-22-21-23-13-9-10-18-26(23)32(29)33-28-20-12-11-19-27(28)30(24-14-5-3-6-15-24)31(34(33)36-2)25-16-7-4-8-17-25/h3-22H,1-2H3. The van der Waals surface area contributed by atoms with Crippen LogP contribution in [-0.2, 0) is 0 Å². The van der Waals surface area contributed by atoms with E-state index in [-0.39, 0.29) is 0 Å². The van der Waals surface area contributed by atoms with Gasteiger partial charge in [0.1, 0.15) is 11.5 Å². The highest BCUT2D eigenvalue weighted by molar-refractivity contribution is 6.18. The van der Waals surface area contributed by atoms with E-state index < -0.39 is 0 Å². The van der Waals surface area contributed by atoms with Crippen molar-refractivity contribution in [2.24, 2.45) is 0 Å². The molecule has 0 N–H and O–H groups in total. The van der Waals surface area contributed by atoms with E-state index in [1.54, 1.807) is 14.2 Å². The summed E-state index contributed by atoms with van der Waals surface area (Å²) in [4.78, 5) is 0. The number of fused-ring (bicyclic) bond motifs is 2. The zero-order chi connectivity index (χ0) is 24.5. The fraction of sp³-hybridized carbons (Fsp3) is 0.0588. The summed E-state index contributed by atoms with van der Waals surface area (Å²) in [5, 5.41) is 4.59. The Balaban J connectivity index is 1.88. The van der Waals surface area contributed by atoms with Crippen LogP contribution < -0.4 is 9.47 Å². The lowest BCUT2D eigenvalue weighted by atomic mass is 9.83. The van der Waals surface area contributed by atoms with E-state index >= 15 is 0 Å². The molecule has 0 saturated carbocycles. The van der Waals surface area contributed by atoms with Crippen LogP contribution in [0.5, 0.6) is 11.5 Å². The van der Waals surface area contributed by atoms with Crippen molar-refractivity contribution in [1.29, 1.82) is 0 Å². The number of benzene rings is 6. The lowest BCUT2D eigenvalue weighted by molar-refractivity contribution is 0.412. The molecule has 6 rings (SSSR count). The second kappa shape index (κ2) is 9.24. The molecular formula is C34H26O2. The van der Waals surface area contributed by atoms with Gasteiger partial charge in [-0.3, -0.25) is 0 Å². The van der Waals surface area contributed by atoms with Crippen molar-refractivity contribution in [2.45, 2.75) is 0 Å². The van der Waals surface area contributed by atoms with Gasteiger partial charge in [-0.05, 0) is 38.7 Å². The predicted molar refractivity (Wildman–Crippen MR) is 151 cm³/mol. The van der Waals surface area contributed by atoms with Gasteiger partial charge in [0.2, 0.25) is 0 Å². The van der Waals surface area contributed by atoms with Crippen molar-refractivity contribution in [3.05, 3.63) is 121 Å². The van der Waals surface area contributed by atoms with E-state index in [0.717, 1.165) is 61.0 Å². The topological polar surface area (TPSA) is 18.5 Å². The molecule has 0 amide bonds. The second-order valence-corrected chi connectivity index (χ2v) is 8.80. The SMILES string of the molecule is COc1ccc2ccccc2c1-c1c(OC)c(-c2ccccc2)c(-c2ccccc2)c2ccccc12. The summed E-state index contributed by atoms with van der Waals surface area (Å²) in [6.45, 7) is 0. The molecule has 0 aliphatic heterocycles. The van der Waals surface area contributed by atoms with Crippen LogP contribution in [-0.4, -0.2) is 14.2 Å². The monoisotopic (exact) mass is 466 g/mol. The maximum absolute atomic E-state index is 6.35. The van der Waals surface area contributed by atoms with Crippen molar-refractivity contribution < 1.29 is 9.47 Å². The van der Waals surface area contributed by atoms with Crippen LogP contribution in [0.2, 0.25) is 0 Å². The molecule has 0 spiro atoms. The first-order valence-corrected chi connectivity index (χ1v) is 12.1. The lowest BCUT2D eigenvalue weighted by Gasteiger charge is -2.24. The van der Waals surface area contributed by atoms with Crippen LogP contribution in [0.4, 0.5) is 0 Å². The molecule has 0 aromatic heterocycles. The summed E-state index contributed by atoms with van der Waals surface area (Å²) >= 11 is 0.